The van der Waals surface area contributed by atoms with E-state index in [9.17, 15) is 0 Å². The van der Waals surface area contributed by atoms with E-state index >= 15 is 0 Å². The fraction of sp³-hybridized carbons (Fsp3) is 0.300. The van der Waals surface area contributed by atoms with Gasteiger partial charge in [-0.2, -0.15) is 5.10 Å². The van der Waals surface area contributed by atoms with Crippen LogP contribution in [-0.2, 0) is 13.6 Å². The summed E-state index contributed by atoms with van der Waals surface area (Å²) in [4.78, 5) is 23.9. The average Bonchev–Trinajstić information content (AvgIpc) is 3.59. The SMILES string of the molecule is Cc1cc(Nc2cc(C)[nH]n2)nc(-c2ccc(N3CC4CC(C3)N4Cc3ccc(-c4cccn4C)nc3)nc2)n1. The number of aromatic amines is 1. The second kappa shape index (κ2) is 9.87. The minimum absolute atomic E-state index is 0.534. The number of H-pyrrole nitrogens is 1. The van der Waals surface area contributed by atoms with Gasteiger partial charge in [-0.15, -0.1) is 0 Å². The number of anilines is 3. The van der Waals surface area contributed by atoms with E-state index in [-0.39, 0.29) is 0 Å². The van der Waals surface area contributed by atoms with Gasteiger partial charge in [-0.3, -0.25) is 15.0 Å². The Labute approximate surface area is 233 Å². The Hall–Kier alpha value is -4.57. The highest BCUT2D eigenvalue weighted by molar-refractivity contribution is 5.61. The number of piperazine rings is 1. The molecule has 8 heterocycles. The molecule has 5 aromatic rings. The van der Waals surface area contributed by atoms with Gasteiger partial charge in [0.05, 0.1) is 11.4 Å². The molecule has 0 radical (unpaired) electrons. The molecule has 202 valence electrons. The van der Waals surface area contributed by atoms with Crippen LogP contribution in [0.3, 0.4) is 0 Å². The summed E-state index contributed by atoms with van der Waals surface area (Å²) >= 11 is 0. The van der Waals surface area contributed by atoms with Crippen molar-refractivity contribution in [3.63, 3.8) is 0 Å². The lowest BCUT2D eigenvalue weighted by molar-refractivity contribution is -0.00874. The van der Waals surface area contributed by atoms with Gasteiger partial charge in [-0.1, -0.05) is 6.07 Å². The van der Waals surface area contributed by atoms with Gasteiger partial charge in [-0.05, 0) is 56.2 Å². The summed E-state index contributed by atoms with van der Waals surface area (Å²) in [5.74, 6) is 3.09. The van der Waals surface area contributed by atoms with Crippen LogP contribution >= 0.6 is 0 Å². The molecule has 2 N–H and O–H groups in total. The molecule has 0 amide bonds. The number of pyridine rings is 2. The maximum Gasteiger partial charge on any atom is 0.163 e. The maximum atomic E-state index is 4.81. The first-order chi connectivity index (χ1) is 19.5. The first-order valence-corrected chi connectivity index (χ1v) is 13.7. The highest BCUT2D eigenvalue weighted by Crippen LogP contribution is 2.35. The monoisotopic (exact) mass is 532 g/mol. The highest BCUT2D eigenvalue weighted by Gasteiger charge is 2.44. The molecule has 3 saturated heterocycles. The predicted molar refractivity (Wildman–Crippen MR) is 155 cm³/mol. The van der Waals surface area contributed by atoms with Crippen molar-refractivity contribution in [2.45, 2.75) is 38.9 Å². The van der Waals surface area contributed by atoms with Crippen LogP contribution in [0.5, 0.6) is 0 Å². The summed E-state index contributed by atoms with van der Waals surface area (Å²) in [5, 5.41) is 10.4. The molecule has 8 rings (SSSR count). The number of piperidine rings is 1. The molecule has 2 unspecified atom stereocenters. The van der Waals surface area contributed by atoms with Crippen LogP contribution in [0.15, 0.2) is 67.1 Å². The zero-order chi connectivity index (χ0) is 27.2. The fourth-order valence-corrected chi connectivity index (χ4v) is 5.82. The van der Waals surface area contributed by atoms with Crippen LogP contribution in [0, 0.1) is 13.8 Å². The molecule has 5 aromatic heterocycles. The van der Waals surface area contributed by atoms with Crippen LogP contribution < -0.4 is 10.2 Å². The largest absolute Gasteiger partial charge is 0.353 e. The van der Waals surface area contributed by atoms with Crippen molar-refractivity contribution >= 4 is 17.5 Å². The third kappa shape index (κ3) is 4.71. The number of hydrogen-bond acceptors (Lipinski definition) is 8. The van der Waals surface area contributed by atoms with Crippen molar-refractivity contribution in [2.24, 2.45) is 7.05 Å². The van der Waals surface area contributed by atoms with E-state index in [1.165, 1.54) is 12.0 Å². The first-order valence-electron chi connectivity index (χ1n) is 13.7. The summed E-state index contributed by atoms with van der Waals surface area (Å²) in [6.45, 7) is 6.83. The number of aromatic nitrogens is 7. The van der Waals surface area contributed by atoms with Gasteiger partial charge in [0.1, 0.15) is 11.6 Å². The van der Waals surface area contributed by atoms with Crippen molar-refractivity contribution in [3.8, 4) is 22.8 Å². The summed E-state index contributed by atoms with van der Waals surface area (Å²) in [7, 11) is 2.05. The van der Waals surface area contributed by atoms with E-state index in [2.05, 4.69) is 84.5 Å². The topological polar surface area (TPSA) is 104 Å². The van der Waals surface area contributed by atoms with Crippen molar-refractivity contribution in [3.05, 3.63) is 84.1 Å². The second-order valence-electron chi connectivity index (χ2n) is 10.9. The molecule has 3 fully saturated rings. The van der Waals surface area contributed by atoms with Gasteiger partial charge in [0.15, 0.2) is 11.6 Å². The molecule has 0 spiro atoms. The van der Waals surface area contributed by atoms with E-state index in [0.29, 0.717) is 23.7 Å². The van der Waals surface area contributed by atoms with E-state index in [0.717, 1.165) is 59.6 Å². The normalized spacial score (nSPS) is 18.5. The van der Waals surface area contributed by atoms with E-state index in [1.54, 1.807) is 0 Å². The van der Waals surface area contributed by atoms with E-state index in [1.807, 2.05) is 38.4 Å². The number of nitrogens with one attached hydrogen (secondary N) is 2. The zero-order valence-electron chi connectivity index (χ0n) is 22.9. The molecule has 10 nitrogen and oxygen atoms in total. The van der Waals surface area contributed by atoms with Gasteiger partial charge in [0.25, 0.3) is 0 Å². The van der Waals surface area contributed by atoms with Crippen molar-refractivity contribution < 1.29 is 0 Å². The molecule has 3 aliphatic heterocycles. The Balaban J connectivity index is 0.994. The molecule has 2 atom stereocenters. The number of nitrogens with zero attached hydrogens (tertiary/aromatic N) is 8. The smallest absolute Gasteiger partial charge is 0.163 e. The standard InChI is InChI=1S/C30H32N10/c1-19-11-27(34-28-12-20(2)36-37-28)35-30(33-19)22-7-9-29(32-15-22)39-17-23-13-24(18-39)40(23)16-21-6-8-25(31-14-21)26-5-4-10-38(26)3/h4-12,14-15,23-24H,13,16-18H2,1-3H3,(H2,33,34,35,36,37). The quantitative estimate of drug-likeness (QED) is 0.316. The minimum atomic E-state index is 0.534. The number of hydrogen-bond donors (Lipinski definition) is 2. The Kier molecular flexibility index (Phi) is 6.04. The summed E-state index contributed by atoms with van der Waals surface area (Å²) in [6, 6.07) is 17.6. The Morgan fingerprint density at radius 3 is 2.50 bits per heavy atom. The fourth-order valence-electron chi connectivity index (χ4n) is 5.82. The number of fused-ring (bicyclic) bond motifs is 2. The molecule has 0 aromatic carbocycles. The van der Waals surface area contributed by atoms with Crippen LogP contribution in [0.1, 0.15) is 23.4 Å². The Bertz CT molecular complexity index is 1620. The van der Waals surface area contributed by atoms with Crippen molar-refractivity contribution in [2.75, 3.05) is 23.3 Å². The second-order valence-corrected chi connectivity index (χ2v) is 10.9. The molecule has 2 bridgehead atoms. The molecular formula is C30H32N10. The number of rotatable bonds is 7. The third-order valence-corrected chi connectivity index (χ3v) is 7.89. The highest BCUT2D eigenvalue weighted by atomic mass is 15.4. The summed E-state index contributed by atoms with van der Waals surface area (Å²) in [5.41, 5.74) is 6.17. The lowest BCUT2D eigenvalue weighted by atomic mass is 9.87. The van der Waals surface area contributed by atoms with Gasteiger partial charge in [0.2, 0.25) is 0 Å². The van der Waals surface area contributed by atoms with Gasteiger partial charge < -0.3 is 14.8 Å². The third-order valence-electron chi connectivity index (χ3n) is 7.89. The molecule has 3 aliphatic rings. The molecule has 10 heteroatoms. The first kappa shape index (κ1) is 24.5. The minimum Gasteiger partial charge on any atom is -0.353 e. The molecular weight excluding hydrogens is 500 g/mol. The van der Waals surface area contributed by atoms with Crippen LogP contribution in [0.4, 0.5) is 17.5 Å². The Morgan fingerprint density at radius 2 is 1.82 bits per heavy atom. The lowest BCUT2D eigenvalue weighted by Gasteiger charge is -2.56. The lowest BCUT2D eigenvalue weighted by Crippen LogP contribution is -2.68. The van der Waals surface area contributed by atoms with Crippen molar-refractivity contribution in [1.82, 2.24) is 39.6 Å². The summed E-state index contributed by atoms with van der Waals surface area (Å²) < 4.78 is 2.10. The van der Waals surface area contributed by atoms with Gasteiger partial charge in [0, 0.05) is 86.4 Å². The van der Waals surface area contributed by atoms with Crippen LogP contribution in [-0.4, -0.2) is 64.8 Å². The van der Waals surface area contributed by atoms with Crippen LogP contribution in [0.2, 0.25) is 0 Å². The zero-order valence-corrected chi connectivity index (χ0v) is 22.9. The van der Waals surface area contributed by atoms with Crippen LogP contribution in [0.25, 0.3) is 22.8 Å². The number of aryl methyl sites for hydroxylation is 3. The summed E-state index contributed by atoms with van der Waals surface area (Å²) in [6.07, 6.45) is 7.20. The van der Waals surface area contributed by atoms with Crippen molar-refractivity contribution in [1.29, 1.82) is 0 Å². The predicted octanol–water partition coefficient (Wildman–Crippen LogP) is 4.49. The molecule has 0 saturated carbocycles. The maximum absolute atomic E-state index is 4.81. The average molecular weight is 533 g/mol. The van der Waals surface area contributed by atoms with E-state index < -0.39 is 0 Å². The molecule has 0 aliphatic carbocycles. The van der Waals surface area contributed by atoms with E-state index in [4.69, 9.17) is 15.0 Å². The Morgan fingerprint density at radius 1 is 0.950 bits per heavy atom. The van der Waals surface area contributed by atoms with Gasteiger partial charge >= 0.3 is 0 Å². The van der Waals surface area contributed by atoms with Gasteiger partial charge in [-0.25, -0.2) is 15.0 Å². The molecule has 40 heavy (non-hydrogen) atoms.